The Morgan fingerprint density at radius 2 is 1.76 bits per heavy atom. The molecule has 0 radical (unpaired) electrons. The molecule has 0 saturated carbocycles. The number of furan rings is 1. The van der Waals surface area contributed by atoms with Crippen molar-refractivity contribution in [1.82, 2.24) is 19.7 Å². The highest BCUT2D eigenvalue weighted by Crippen LogP contribution is 2.44. The maximum Gasteiger partial charge on any atom is 0.255 e. The molecule has 4 heterocycles. The van der Waals surface area contributed by atoms with Gasteiger partial charge in [-0.05, 0) is 43.5 Å². The predicted molar refractivity (Wildman–Crippen MR) is 135 cm³/mol. The van der Waals surface area contributed by atoms with Crippen LogP contribution in [0, 0.1) is 0 Å². The van der Waals surface area contributed by atoms with Gasteiger partial charge < -0.3 is 14.5 Å². The third-order valence-electron chi connectivity index (χ3n) is 6.81. The van der Waals surface area contributed by atoms with Gasteiger partial charge in [0.1, 0.15) is 23.0 Å². The summed E-state index contributed by atoms with van der Waals surface area (Å²) in [6.45, 7) is 0. The highest BCUT2D eigenvalue weighted by molar-refractivity contribution is 5.99. The number of aromatic nitrogens is 4. The molecule has 0 saturated heterocycles. The maximum atomic E-state index is 13.9. The van der Waals surface area contributed by atoms with E-state index in [-0.39, 0.29) is 17.4 Å². The predicted octanol–water partition coefficient (Wildman–Crippen LogP) is 4.58. The summed E-state index contributed by atoms with van der Waals surface area (Å²) >= 11 is 0. The van der Waals surface area contributed by atoms with Crippen LogP contribution < -0.4 is 15.6 Å². The molecule has 2 aromatic carbocycles. The molecule has 9 heteroatoms. The molecule has 1 aliphatic heterocycles. The summed E-state index contributed by atoms with van der Waals surface area (Å²) in [6, 6.07) is 20.3. The minimum absolute atomic E-state index is 0.183. The number of aromatic amines is 1. The van der Waals surface area contributed by atoms with Crippen LogP contribution in [-0.4, -0.2) is 25.7 Å². The van der Waals surface area contributed by atoms with E-state index in [4.69, 9.17) is 9.15 Å². The minimum Gasteiger partial charge on any atom is -0.463 e. The van der Waals surface area contributed by atoms with Crippen LogP contribution in [-0.2, 0) is 17.6 Å². The number of para-hydroxylation sites is 2. The van der Waals surface area contributed by atoms with Gasteiger partial charge in [-0.1, -0.05) is 36.4 Å². The summed E-state index contributed by atoms with van der Waals surface area (Å²) in [4.78, 5) is 34.2. The molecule has 0 fully saturated rings. The van der Waals surface area contributed by atoms with Crippen molar-refractivity contribution >= 4 is 11.7 Å². The number of H-pyrrole nitrogens is 1. The van der Waals surface area contributed by atoms with E-state index in [1.165, 1.54) is 4.68 Å². The van der Waals surface area contributed by atoms with Gasteiger partial charge >= 0.3 is 0 Å². The van der Waals surface area contributed by atoms with Gasteiger partial charge in [-0.15, -0.1) is 0 Å². The summed E-state index contributed by atoms with van der Waals surface area (Å²) < 4.78 is 13.0. The van der Waals surface area contributed by atoms with Gasteiger partial charge in [0.2, 0.25) is 11.9 Å². The zero-order valence-corrected chi connectivity index (χ0v) is 19.6. The molecule has 5 aromatic rings. The first-order chi connectivity index (χ1) is 18.2. The second kappa shape index (κ2) is 8.34. The molecular weight excluding hydrogens is 470 g/mol. The first kappa shape index (κ1) is 21.4. The highest BCUT2D eigenvalue weighted by atomic mass is 16.5. The summed E-state index contributed by atoms with van der Waals surface area (Å²) in [7, 11) is 0. The molecule has 3 aromatic heterocycles. The Balaban J connectivity index is 1.33. The molecule has 7 rings (SSSR count). The van der Waals surface area contributed by atoms with E-state index in [2.05, 4.69) is 20.4 Å². The van der Waals surface area contributed by atoms with E-state index in [0.717, 1.165) is 29.7 Å². The number of nitrogens with zero attached hydrogens (tertiary/aromatic N) is 3. The van der Waals surface area contributed by atoms with Crippen LogP contribution in [0.15, 0.2) is 82.2 Å². The van der Waals surface area contributed by atoms with E-state index in [9.17, 15) is 9.59 Å². The Morgan fingerprint density at radius 3 is 2.49 bits per heavy atom. The summed E-state index contributed by atoms with van der Waals surface area (Å²) in [5.74, 6) is 1.53. The number of rotatable bonds is 4. The third kappa shape index (κ3) is 3.55. The Labute approximate surface area is 210 Å². The lowest BCUT2D eigenvalue weighted by Gasteiger charge is -2.27. The van der Waals surface area contributed by atoms with Crippen molar-refractivity contribution in [3.8, 4) is 28.9 Å². The van der Waals surface area contributed by atoms with Crippen LogP contribution in [0.5, 0.6) is 11.5 Å². The van der Waals surface area contributed by atoms with Crippen LogP contribution in [0.1, 0.15) is 34.7 Å². The van der Waals surface area contributed by atoms with Gasteiger partial charge in [0.05, 0.1) is 17.9 Å². The zero-order chi connectivity index (χ0) is 24.9. The molecule has 182 valence electrons. The number of anilines is 1. The van der Waals surface area contributed by atoms with Crippen molar-refractivity contribution in [2.75, 3.05) is 5.32 Å². The largest absolute Gasteiger partial charge is 0.463 e. The standard InChI is InChI=1S/C28H21N5O4/c34-26-16-9-5-10-19(16)29-28(31-26)33-24(15-20(32-33)23-13-6-14-36-23)30-27(35)25-17-7-1-3-11-21(17)37-22-12-4-2-8-18(22)25/h1-4,6-8,11-15,25H,5,9-10H2,(H,30,35)(H,29,31,34). The van der Waals surface area contributed by atoms with Gasteiger partial charge in [0, 0.05) is 22.8 Å². The van der Waals surface area contributed by atoms with Crippen molar-refractivity contribution in [3.63, 3.8) is 0 Å². The molecule has 1 aliphatic carbocycles. The summed E-state index contributed by atoms with van der Waals surface area (Å²) in [5.41, 5.74) is 3.31. The van der Waals surface area contributed by atoms with Crippen molar-refractivity contribution < 1.29 is 13.9 Å². The number of fused-ring (bicyclic) bond motifs is 3. The van der Waals surface area contributed by atoms with E-state index < -0.39 is 5.92 Å². The zero-order valence-electron chi connectivity index (χ0n) is 19.6. The first-order valence-corrected chi connectivity index (χ1v) is 12.1. The second-order valence-corrected chi connectivity index (χ2v) is 9.07. The smallest absolute Gasteiger partial charge is 0.255 e. The van der Waals surface area contributed by atoms with Gasteiger partial charge in [0.15, 0.2) is 5.76 Å². The fraction of sp³-hybridized carbons (Fsp3) is 0.143. The van der Waals surface area contributed by atoms with Crippen molar-refractivity contribution in [2.45, 2.75) is 25.2 Å². The first-order valence-electron chi connectivity index (χ1n) is 12.1. The van der Waals surface area contributed by atoms with Crippen molar-refractivity contribution in [1.29, 1.82) is 0 Å². The summed E-state index contributed by atoms with van der Waals surface area (Å²) in [6.07, 6.45) is 3.88. The molecule has 0 atom stereocenters. The van der Waals surface area contributed by atoms with E-state index in [1.807, 2.05) is 48.5 Å². The molecule has 2 N–H and O–H groups in total. The fourth-order valence-electron chi connectivity index (χ4n) is 5.10. The SMILES string of the molecule is O=C(Nc1cc(-c2ccco2)nn1-c1nc2c(c(=O)[nH]1)CCC2)C1c2ccccc2Oc2ccccc21. The topological polar surface area (TPSA) is 115 Å². The Hall–Kier alpha value is -4.92. The summed E-state index contributed by atoms with van der Waals surface area (Å²) in [5, 5.41) is 7.66. The maximum absolute atomic E-state index is 13.9. The highest BCUT2D eigenvalue weighted by Gasteiger charge is 2.33. The lowest BCUT2D eigenvalue weighted by molar-refractivity contribution is -0.116. The monoisotopic (exact) mass is 491 g/mol. The number of ether oxygens (including phenoxy) is 1. The molecular formula is C28H21N5O4. The molecule has 37 heavy (non-hydrogen) atoms. The van der Waals surface area contributed by atoms with Crippen LogP contribution >= 0.6 is 0 Å². The van der Waals surface area contributed by atoms with Crippen LogP contribution in [0.2, 0.25) is 0 Å². The lowest BCUT2D eigenvalue weighted by Crippen LogP contribution is -2.27. The number of nitrogens with one attached hydrogen (secondary N) is 2. The van der Waals surface area contributed by atoms with E-state index in [0.29, 0.717) is 40.8 Å². The molecule has 0 unspecified atom stereocenters. The number of amides is 1. The van der Waals surface area contributed by atoms with Gasteiger partial charge in [-0.2, -0.15) is 9.78 Å². The average Bonchev–Trinajstić information content (AvgIpc) is 3.68. The number of benzene rings is 2. The normalized spacial score (nSPS) is 13.9. The number of hydrogen-bond acceptors (Lipinski definition) is 6. The van der Waals surface area contributed by atoms with Crippen LogP contribution in [0.25, 0.3) is 17.4 Å². The molecule has 9 nitrogen and oxygen atoms in total. The number of aryl methyl sites for hydroxylation is 1. The minimum atomic E-state index is -0.608. The number of carbonyl (C=O) groups is 1. The van der Waals surface area contributed by atoms with E-state index in [1.54, 1.807) is 24.5 Å². The second-order valence-electron chi connectivity index (χ2n) is 9.07. The molecule has 0 spiro atoms. The Kier molecular flexibility index (Phi) is 4.81. The molecule has 1 amide bonds. The Morgan fingerprint density at radius 1 is 1.00 bits per heavy atom. The average molecular weight is 492 g/mol. The number of hydrogen-bond donors (Lipinski definition) is 2. The third-order valence-corrected chi connectivity index (χ3v) is 6.81. The molecule has 0 bridgehead atoms. The van der Waals surface area contributed by atoms with Crippen LogP contribution in [0.4, 0.5) is 5.82 Å². The molecule has 2 aliphatic rings. The van der Waals surface area contributed by atoms with Crippen molar-refractivity contribution in [2.24, 2.45) is 0 Å². The van der Waals surface area contributed by atoms with Crippen LogP contribution in [0.3, 0.4) is 0 Å². The van der Waals surface area contributed by atoms with Gasteiger partial charge in [-0.3, -0.25) is 14.6 Å². The number of carbonyl (C=O) groups excluding carboxylic acids is 1. The Bertz CT molecular complexity index is 1670. The van der Waals surface area contributed by atoms with Crippen molar-refractivity contribution in [3.05, 3.63) is 106 Å². The van der Waals surface area contributed by atoms with E-state index >= 15 is 0 Å². The van der Waals surface area contributed by atoms with Gasteiger partial charge in [-0.25, -0.2) is 4.98 Å². The fourth-order valence-corrected chi connectivity index (χ4v) is 5.10. The van der Waals surface area contributed by atoms with Gasteiger partial charge in [0.25, 0.3) is 5.56 Å². The quantitative estimate of drug-likeness (QED) is 0.380. The lowest BCUT2D eigenvalue weighted by atomic mass is 9.87.